The second-order valence-electron chi connectivity index (χ2n) is 4.41. The maximum absolute atomic E-state index is 5.66. The Morgan fingerprint density at radius 2 is 2.05 bits per heavy atom. The minimum Gasteiger partial charge on any atom is -0.486 e. The Bertz CT molecular complexity index is 539. The van der Waals surface area contributed by atoms with Gasteiger partial charge in [-0.1, -0.05) is 19.1 Å². The van der Waals surface area contributed by atoms with Gasteiger partial charge in [-0.25, -0.2) is 0 Å². The van der Waals surface area contributed by atoms with E-state index in [1.807, 2.05) is 6.07 Å². The molecule has 19 heavy (non-hydrogen) atoms. The summed E-state index contributed by atoms with van der Waals surface area (Å²) in [5.41, 5.74) is 1.22. The zero-order chi connectivity index (χ0) is 13.1. The molecular formula is C15H17NO2S. The first-order chi connectivity index (χ1) is 9.38. The highest BCUT2D eigenvalue weighted by molar-refractivity contribution is 7.10. The van der Waals surface area contributed by atoms with Crippen molar-refractivity contribution in [1.82, 2.24) is 5.32 Å². The molecule has 0 spiro atoms. The highest BCUT2D eigenvalue weighted by Crippen LogP contribution is 2.35. The number of hydrogen-bond donors (Lipinski definition) is 1. The summed E-state index contributed by atoms with van der Waals surface area (Å²) in [7, 11) is 0. The van der Waals surface area contributed by atoms with Gasteiger partial charge in [0.15, 0.2) is 11.5 Å². The molecule has 0 bridgehead atoms. The Morgan fingerprint density at radius 3 is 2.79 bits per heavy atom. The molecule has 2 aromatic rings. The molecule has 0 amide bonds. The van der Waals surface area contributed by atoms with E-state index in [1.165, 1.54) is 10.4 Å². The van der Waals surface area contributed by atoms with Crippen LogP contribution >= 0.6 is 11.3 Å². The van der Waals surface area contributed by atoms with E-state index < -0.39 is 0 Å². The highest BCUT2D eigenvalue weighted by atomic mass is 32.1. The number of ether oxygens (including phenoxy) is 2. The van der Waals surface area contributed by atoms with E-state index in [0.717, 1.165) is 18.0 Å². The second-order valence-corrected chi connectivity index (χ2v) is 5.39. The van der Waals surface area contributed by atoms with E-state index in [9.17, 15) is 0 Å². The first-order valence-electron chi connectivity index (χ1n) is 6.55. The van der Waals surface area contributed by atoms with Crippen molar-refractivity contribution in [3.05, 3.63) is 46.2 Å². The van der Waals surface area contributed by atoms with E-state index >= 15 is 0 Å². The SMILES string of the molecule is CCNC(c1ccc2c(c1)OCCO2)c1cccs1. The van der Waals surface area contributed by atoms with Crippen LogP contribution in [0, 0.1) is 0 Å². The molecule has 2 heterocycles. The summed E-state index contributed by atoms with van der Waals surface area (Å²) in [6.45, 7) is 4.31. The molecule has 0 saturated carbocycles. The lowest BCUT2D eigenvalue weighted by atomic mass is 10.0. The largest absolute Gasteiger partial charge is 0.486 e. The summed E-state index contributed by atoms with van der Waals surface area (Å²) in [5.74, 6) is 1.69. The molecule has 100 valence electrons. The van der Waals surface area contributed by atoms with E-state index in [2.05, 4.69) is 41.9 Å². The van der Waals surface area contributed by atoms with Crippen LogP contribution in [0.15, 0.2) is 35.7 Å². The van der Waals surface area contributed by atoms with E-state index in [0.29, 0.717) is 13.2 Å². The number of fused-ring (bicyclic) bond motifs is 1. The zero-order valence-corrected chi connectivity index (χ0v) is 11.7. The van der Waals surface area contributed by atoms with Crippen LogP contribution in [-0.4, -0.2) is 19.8 Å². The normalized spacial score (nSPS) is 15.2. The molecule has 1 aliphatic rings. The molecule has 3 nitrogen and oxygen atoms in total. The van der Waals surface area contributed by atoms with Gasteiger partial charge in [-0.3, -0.25) is 0 Å². The second kappa shape index (κ2) is 5.63. The van der Waals surface area contributed by atoms with Crippen molar-refractivity contribution in [2.45, 2.75) is 13.0 Å². The van der Waals surface area contributed by atoms with Gasteiger partial charge in [0.2, 0.25) is 0 Å². The number of benzene rings is 1. The van der Waals surface area contributed by atoms with Crippen molar-refractivity contribution in [1.29, 1.82) is 0 Å². The molecule has 4 heteroatoms. The number of thiophene rings is 1. The van der Waals surface area contributed by atoms with Crippen molar-refractivity contribution in [2.24, 2.45) is 0 Å². The van der Waals surface area contributed by atoms with Crippen LogP contribution in [0.1, 0.15) is 23.4 Å². The van der Waals surface area contributed by atoms with Crippen LogP contribution in [0.3, 0.4) is 0 Å². The molecule has 3 rings (SSSR count). The average Bonchev–Trinajstić information content (AvgIpc) is 2.98. The third-order valence-corrected chi connectivity index (χ3v) is 4.07. The molecule has 1 N–H and O–H groups in total. The summed E-state index contributed by atoms with van der Waals surface area (Å²) < 4.78 is 11.2. The van der Waals surface area contributed by atoms with Crippen LogP contribution in [-0.2, 0) is 0 Å². The number of nitrogens with one attached hydrogen (secondary N) is 1. The molecule has 1 aromatic heterocycles. The standard InChI is InChI=1S/C15H17NO2S/c1-2-16-15(14-4-3-9-19-14)11-5-6-12-13(10-11)18-8-7-17-12/h3-6,9-10,15-16H,2,7-8H2,1H3. The Labute approximate surface area is 117 Å². The summed E-state index contributed by atoms with van der Waals surface area (Å²) in [6.07, 6.45) is 0. The third-order valence-electron chi connectivity index (χ3n) is 3.14. The predicted octanol–water partition coefficient (Wildman–Crippen LogP) is 3.22. The van der Waals surface area contributed by atoms with Gasteiger partial charge in [-0.2, -0.15) is 0 Å². The summed E-state index contributed by atoms with van der Waals surface area (Å²) in [5, 5.41) is 5.63. The zero-order valence-electron chi connectivity index (χ0n) is 10.9. The van der Waals surface area contributed by atoms with Crippen LogP contribution < -0.4 is 14.8 Å². The first kappa shape index (κ1) is 12.5. The van der Waals surface area contributed by atoms with Crippen molar-refractivity contribution < 1.29 is 9.47 Å². The van der Waals surface area contributed by atoms with Crippen LogP contribution in [0.5, 0.6) is 11.5 Å². The number of rotatable bonds is 4. The molecule has 0 aliphatic carbocycles. The maximum Gasteiger partial charge on any atom is 0.161 e. The van der Waals surface area contributed by atoms with Gasteiger partial charge in [-0.15, -0.1) is 11.3 Å². The van der Waals surface area contributed by atoms with E-state index in [4.69, 9.17) is 9.47 Å². The molecule has 1 atom stereocenters. The summed E-state index contributed by atoms with van der Waals surface area (Å²) in [4.78, 5) is 1.32. The van der Waals surface area contributed by atoms with Gasteiger partial charge in [0.05, 0.1) is 6.04 Å². The van der Waals surface area contributed by atoms with E-state index in [1.54, 1.807) is 11.3 Å². The fourth-order valence-corrected chi connectivity index (χ4v) is 3.11. The van der Waals surface area contributed by atoms with Crippen molar-refractivity contribution >= 4 is 11.3 Å². The molecule has 1 aliphatic heterocycles. The maximum atomic E-state index is 5.66. The quantitative estimate of drug-likeness (QED) is 0.929. The Morgan fingerprint density at radius 1 is 1.21 bits per heavy atom. The van der Waals surface area contributed by atoms with Crippen molar-refractivity contribution in [3.63, 3.8) is 0 Å². The van der Waals surface area contributed by atoms with Gasteiger partial charge in [0.25, 0.3) is 0 Å². The minimum absolute atomic E-state index is 0.223. The topological polar surface area (TPSA) is 30.5 Å². The molecule has 0 radical (unpaired) electrons. The highest BCUT2D eigenvalue weighted by Gasteiger charge is 2.18. The Balaban J connectivity index is 1.94. The predicted molar refractivity (Wildman–Crippen MR) is 77.3 cm³/mol. The molecule has 1 aromatic carbocycles. The first-order valence-corrected chi connectivity index (χ1v) is 7.43. The average molecular weight is 275 g/mol. The van der Waals surface area contributed by atoms with Crippen LogP contribution in [0.25, 0.3) is 0 Å². The van der Waals surface area contributed by atoms with Gasteiger partial charge in [0, 0.05) is 4.88 Å². The van der Waals surface area contributed by atoms with E-state index in [-0.39, 0.29) is 6.04 Å². The van der Waals surface area contributed by atoms with Crippen molar-refractivity contribution in [2.75, 3.05) is 19.8 Å². The van der Waals surface area contributed by atoms with Crippen molar-refractivity contribution in [3.8, 4) is 11.5 Å². The fraction of sp³-hybridized carbons (Fsp3) is 0.333. The van der Waals surface area contributed by atoms with Gasteiger partial charge < -0.3 is 14.8 Å². The Kier molecular flexibility index (Phi) is 3.71. The van der Waals surface area contributed by atoms with Gasteiger partial charge in [-0.05, 0) is 35.7 Å². The molecule has 0 saturated heterocycles. The lowest BCUT2D eigenvalue weighted by Crippen LogP contribution is -2.22. The van der Waals surface area contributed by atoms with Crippen LogP contribution in [0.4, 0.5) is 0 Å². The van der Waals surface area contributed by atoms with Gasteiger partial charge in [0.1, 0.15) is 13.2 Å². The smallest absolute Gasteiger partial charge is 0.161 e. The van der Waals surface area contributed by atoms with Gasteiger partial charge >= 0.3 is 0 Å². The summed E-state index contributed by atoms with van der Waals surface area (Å²) >= 11 is 1.77. The lowest BCUT2D eigenvalue weighted by molar-refractivity contribution is 0.171. The molecule has 1 unspecified atom stereocenters. The minimum atomic E-state index is 0.223. The summed E-state index contributed by atoms with van der Waals surface area (Å²) in [6, 6.07) is 10.7. The molecule has 0 fully saturated rings. The molecular weight excluding hydrogens is 258 g/mol. The monoisotopic (exact) mass is 275 g/mol. The third kappa shape index (κ3) is 2.60. The Hall–Kier alpha value is -1.52. The fourth-order valence-electron chi connectivity index (χ4n) is 2.28. The number of hydrogen-bond acceptors (Lipinski definition) is 4. The lowest BCUT2D eigenvalue weighted by Gasteiger charge is -2.22. The van der Waals surface area contributed by atoms with Crippen LogP contribution in [0.2, 0.25) is 0 Å².